The Kier molecular flexibility index (Phi) is 4.42. The molecule has 92 valence electrons. The van der Waals surface area contributed by atoms with E-state index in [4.69, 9.17) is 0 Å². The van der Waals surface area contributed by atoms with Crippen molar-refractivity contribution in [3.8, 4) is 10.6 Å². The van der Waals surface area contributed by atoms with E-state index in [2.05, 4.69) is 34.5 Å². The maximum atomic E-state index is 4.60. The van der Waals surface area contributed by atoms with Gasteiger partial charge >= 0.3 is 0 Å². The number of thioether (sulfide) groups is 1. The number of aryl methyl sites for hydroxylation is 1. The van der Waals surface area contributed by atoms with E-state index in [-0.39, 0.29) is 0 Å². The Bertz CT molecular complexity index is 490. The molecule has 0 unspecified atom stereocenters. The smallest absolute Gasteiger partial charge is 0.182 e. The lowest BCUT2D eigenvalue weighted by Gasteiger charge is -1.92. The third-order valence-electron chi connectivity index (χ3n) is 2.22. The number of aromatic nitrogens is 2. The molecule has 0 aromatic carbocycles. The molecule has 2 aromatic heterocycles. The van der Waals surface area contributed by atoms with Gasteiger partial charge in [0.1, 0.15) is 5.01 Å². The van der Waals surface area contributed by atoms with Gasteiger partial charge < -0.3 is 5.32 Å². The van der Waals surface area contributed by atoms with Crippen molar-refractivity contribution in [2.24, 2.45) is 0 Å². The van der Waals surface area contributed by atoms with Gasteiger partial charge in [0.2, 0.25) is 0 Å². The van der Waals surface area contributed by atoms with Crippen molar-refractivity contribution in [3.05, 3.63) is 16.1 Å². The molecule has 0 aliphatic rings. The molecule has 2 rings (SSSR count). The topological polar surface area (TPSA) is 37.8 Å². The first-order chi connectivity index (χ1) is 8.24. The fourth-order valence-corrected chi connectivity index (χ4v) is 3.92. The fourth-order valence-electron chi connectivity index (χ4n) is 1.43. The number of anilines is 1. The SMILES string of the molecule is CCSCc1nc(C)c(-c2csc(NC)n2)s1. The van der Waals surface area contributed by atoms with Gasteiger partial charge in [-0.05, 0) is 12.7 Å². The molecule has 6 heteroatoms. The highest BCUT2D eigenvalue weighted by atomic mass is 32.2. The van der Waals surface area contributed by atoms with Crippen molar-refractivity contribution < 1.29 is 0 Å². The summed E-state index contributed by atoms with van der Waals surface area (Å²) in [5, 5.41) is 7.30. The second kappa shape index (κ2) is 5.84. The number of nitrogens with one attached hydrogen (secondary N) is 1. The van der Waals surface area contributed by atoms with E-state index < -0.39 is 0 Å². The highest BCUT2D eigenvalue weighted by molar-refractivity contribution is 7.98. The molecule has 1 N–H and O–H groups in total. The number of thiazole rings is 2. The highest BCUT2D eigenvalue weighted by Gasteiger charge is 2.12. The summed E-state index contributed by atoms with van der Waals surface area (Å²) < 4.78 is 0. The van der Waals surface area contributed by atoms with E-state index in [0.29, 0.717) is 0 Å². The zero-order valence-electron chi connectivity index (χ0n) is 10.1. The van der Waals surface area contributed by atoms with Crippen LogP contribution < -0.4 is 5.32 Å². The van der Waals surface area contributed by atoms with Crippen molar-refractivity contribution >= 4 is 39.6 Å². The van der Waals surface area contributed by atoms with Crippen molar-refractivity contribution in [1.29, 1.82) is 0 Å². The van der Waals surface area contributed by atoms with Gasteiger partial charge in [-0.25, -0.2) is 9.97 Å². The van der Waals surface area contributed by atoms with E-state index in [1.165, 1.54) is 9.88 Å². The predicted octanol–water partition coefficient (Wildman–Crippen LogP) is 3.87. The summed E-state index contributed by atoms with van der Waals surface area (Å²) in [5.74, 6) is 2.14. The Labute approximate surface area is 114 Å². The third kappa shape index (κ3) is 3.00. The van der Waals surface area contributed by atoms with Crippen LogP contribution in [0.5, 0.6) is 0 Å². The Morgan fingerprint density at radius 2 is 2.24 bits per heavy atom. The normalized spacial score (nSPS) is 10.8. The molecule has 17 heavy (non-hydrogen) atoms. The van der Waals surface area contributed by atoms with Crippen LogP contribution in [-0.4, -0.2) is 22.8 Å². The van der Waals surface area contributed by atoms with Gasteiger partial charge in [-0.3, -0.25) is 0 Å². The van der Waals surface area contributed by atoms with E-state index in [1.807, 2.05) is 18.8 Å². The Hall–Kier alpha value is -0.590. The number of hydrogen-bond acceptors (Lipinski definition) is 6. The van der Waals surface area contributed by atoms with Gasteiger partial charge in [-0.15, -0.1) is 22.7 Å². The molecular weight excluding hydrogens is 270 g/mol. The van der Waals surface area contributed by atoms with Crippen LogP contribution in [0.3, 0.4) is 0 Å². The average molecular weight is 285 g/mol. The van der Waals surface area contributed by atoms with Crippen LogP contribution in [0.15, 0.2) is 5.38 Å². The third-order valence-corrected chi connectivity index (χ3v) is 5.33. The van der Waals surface area contributed by atoms with Gasteiger partial charge in [0.15, 0.2) is 5.13 Å². The van der Waals surface area contributed by atoms with Crippen LogP contribution in [0.25, 0.3) is 10.6 Å². The van der Waals surface area contributed by atoms with Crippen molar-refractivity contribution in [1.82, 2.24) is 9.97 Å². The molecule has 0 aliphatic carbocycles. The van der Waals surface area contributed by atoms with E-state index in [0.717, 1.165) is 28.0 Å². The summed E-state index contributed by atoms with van der Waals surface area (Å²) in [4.78, 5) is 10.3. The maximum Gasteiger partial charge on any atom is 0.182 e. The Balaban J connectivity index is 2.22. The molecule has 3 nitrogen and oxygen atoms in total. The standard InChI is InChI=1S/C11H15N3S3/c1-4-15-6-9-13-7(2)10(17-9)8-5-16-11(12-3)14-8/h5H,4,6H2,1-3H3,(H,12,14). The second-order valence-corrected chi connectivity index (χ2v) is 6.66. The fraction of sp³-hybridized carbons (Fsp3) is 0.455. The molecule has 2 aromatic rings. The van der Waals surface area contributed by atoms with Gasteiger partial charge in [0, 0.05) is 18.2 Å². The molecule has 0 atom stereocenters. The van der Waals surface area contributed by atoms with Crippen molar-refractivity contribution in [2.75, 3.05) is 18.1 Å². The summed E-state index contributed by atoms with van der Waals surface area (Å²) in [6.07, 6.45) is 0. The zero-order chi connectivity index (χ0) is 12.3. The molecule has 0 amide bonds. The molecular formula is C11H15N3S3. The van der Waals surface area contributed by atoms with Crippen LogP contribution in [0.4, 0.5) is 5.13 Å². The minimum atomic E-state index is 0.956. The number of hydrogen-bond donors (Lipinski definition) is 1. The molecule has 2 heterocycles. The zero-order valence-corrected chi connectivity index (χ0v) is 12.6. The van der Waals surface area contributed by atoms with Gasteiger partial charge in [-0.1, -0.05) is 6.92 Å². The van der Waals surface area contributed by atoms with Gasteiger partial charge in [0.05, 0.1) is 16.3 Å². The average Bonchev–Trinajstić information content (AvgIpc) is 2.92. The summed E-state index contributed by atoms with van der Waals surface area (Å²) in [5.41, 5.74) is 2.14. The van der Waals surface area contributed by atoms with Crippen LogP contribution in [0, 0.1) is 6.92 Å². The van der Waals surface area contributed by atoms with Gasteiger partial charge in [-0.2, -0.15) is 11.8 Å². The minimum Gasteiger partial charge on any atom is -0.365 e. The van der Waals surface area contributed by atoms with E-state index in [1.54, 1.807) is 22.7 Å². The summed E-state index contributed by atoms with van der Waals surface area (Å²) >= 11 is 5.30. The molecule has 0 spiro atoms. The summed E-state index contributed by atoms with van der Waals surface area (Å²) in [7, 11) is 1.89. The van der Waals surface area contributed by atoms with E-state index in [9.17, 15) is 0 Å². The molecule has 0 radical (unpaired) electrons. The van der Waals surface area contributed by atoms with E-state index >= 15 is 0 Å². The monoisotopic (exact) mass is 285 g/mol. The second-order valence-electron chi connectivity index (χ2n) is 3.45. The van der Waals surface area contributed by atoms with Crippen LogP contribution in [0.1, 0.15) is 17.6 Å². The lowest BCUT2D eigenvalue weighted by atomic mass is 10.3. The van der Waals surface area contributed by atoms with Gasteiger partial charge in [0.25, 0.3) is 0 Å². The van der Waals surface area contributed by atoms with Crippen molar-refractivity contribution in [3.63, 3.8) is 0 Å². The molecule has 0 bridgehead atoms. The molecule has 0 fully saturated rings. The maximum absolute atomic E-state index is 4.60. The van der Waals surface area contributed by atoms with Crippen LogP contribution in [0.2, 0.25) is 0 Å². The predicted molar refractivity (Wildman–Crippen MR) is 79.3 cm³/mol. The lowest BCUT2D eigenvalue weighted by Crippen LogP contribution is -1.85. The Morgan fingerprint density at radius 1 is 1.41 bits per heavy atom. The largest absolute Gasteiger partial charge is 0.365 e. The molecule has 0 aliphatic heterocycles. The number of nitrogens with zero attached hydrogens (tertiary/aromatic N) is 2. The Morgan fingerprint density at radius 3 is 2.88 bits per heavy atom. The van der Waals surface area contributed by atoms with Crippen LogP contribution in [-0.2, 0) is 5.75 Å². The van der Waals surface area contributed by atoms with Crippen molar-refractivity contribution in [2.45, 2.75) is 19.6 Å². The minimum absolute atomic E-state index is 0.956. The summed E-state index contributed by atoms with van der Waals surface area (Å²) in [6, 6.07) is 0. The highest BCUT2D eigenvalue weighted by Crippen LogP contribution is 2.33. The van der Waals surface area contributed by atoms with Crippen LogP contribution >= 0.6 is 34.4 Å². The lowest BCUT2D eigenvalue weighted by molar-refractivity contribution is 1.18. The molecule has 0 saturated heterocycles. The first-order valence-corrected chi connectivity index (χ1v) is 8.27. The molecule has 0 saturated carbocycles. The number of rotatable bonds is 5. The first kappa shape index (κ1) is 12.9. The first-order valence-electron chi connectivity index (χ1n) is 5.42. The summed E-state index contributed by atoms with van der Waals surface area (Å²) in [6.45, 7) is 4.23. The quantitative estimate of drug-likeness (QED) is 0.905.